The molecule has 0 saturated heterocycles. The maximum Gasteiger partial charge on any atom is 0.673 e. The predicted octanol–water partition coefficient (Wildman–Crippen LogP) is 8.53. The van der Waals surface area contributed by atoms with Gasteiger partial charge in [0.2, 0.25) is 0 Å². The fourth-order valence-electron chi connectivity index (χ4n) is 3.28. The van der Waals surface area contributed by atoms with Gasteiger partial charge in [-0.3, -0.25) is 0 Å². The summed E-state index contributed by atoms with van der Waals surface area (Å²) in [5.41, 5.74) is 2.26. The number of rotatable bonds is 13. The van der Waals surface area contributed by atoms with Crippen molar-refractivity contribution in [3.63, 3.8) is 0 Å². The highest BCUT2D eigenvalue weighted by Gasteiger charge is 2.20. The van der Waals surface area contributed by atoms with Gasteiger partial charge in [0.25, 0.3) is 0 Å². The number of benzene rings is 2. The monoisotopic (exact) mass is 567 g/mol. The minimum atomic E-state index is -6.00. The number of para-hydroxylation sites is 1. The maximum absolute atomic E-state index is 10.3. The number of unbranched alkanes of at least 4 members (excludes halogenated alkanes) is 7. The molecule has 0 heterocycles. The van der Waals surface area contributed by atoms with Crippen LogP contribution >= 0.6 is 22.6 Å². The van der Waals surface area contributed by atoms with E-state index >= 15 is 0 Å². The van der Waals surface area contributed by atoms with E-state index in [9.17, 15) is 22.4 Å². The van der Waals surface area contributed by atoms with E-state index in [1.165, 1.54) is 54.1 Å². The molecule has 32 heavy (non-hydrogen) atoms. The number of hydrogen-bond acceptors (Lipinski definition) is 2. The SMILES string of the molecule is CCCCCCCCCCC(O)COc1ccccc1-c1ccccc1I.F[B-](F)(F)F. The minimum Gasteiger partial charge on any atom is -0.490 e. The molecule has 0 aliphatic heterocycles. The van der Waals surface area contributed by atoms with Gasteiger partial charge in [0.05, 0.1) is 6.10 Å². The lowest BCUT2D eigenvalue weighted by Gasteiger charge is -2.16. The fraction of sp³-hybridized carbons (Fsp3) is 0.500. The number of ether oxygens (including phenoxy) is 1. The molecular weight excluding hydrogens is 534 g/mol. The second-order valence-electron chi connectivity index (χ2n) is 7.70. The van der Waals surface area contributed by atoms with Crippen molar-refractivity contribution in [1.29, 1.82) is 0 Å². The van der Waals surface area contributed by atoms with Gasteiger partial charge in [-0.25, -0.2) is 0 Å². The summed E-state index contributed by atoms with van der Waals surface area (Å²) in [4.78, 5) is 0. The minimum absolute atomic E-state index is 0.358. The van der Waals surface area contributed by atoms with E-state index in [1.54, 1.807) is 0 Å². The highest BCUT2D eigenvalue weighted by molar-refractivity contribution is 14.1. The third-order valence-corrected chi connectivity index (χ3v) is 5.81. The Labute approximate surface area is 203 Å². The summed E-state index contributed by atoms with van der Waals surface area (Å²) in [7, 11) is -6.00. The zero-order valence-electron chi connectivity index (χ0n) is 18.6. The summed E-state index contributed by atoms with van der Waals surface area (Å²) in [6.45, 7) is 2.61. The molecule has 0 aromatic heterocycles. The van der Waals surface area contributed by atoms with E-state index in [0.717, 1.165) is 24.2 Å². The topological polar surface area (TPSA) is 29.5 Å². The maximum atomic E-state index is 10.3. The summed E-state index contributed by atoms with van der Waals surface area (Å²) >= 11 is 2.35. The second-order valence-corrected chi connectivity index (χ2v) is 8.86. The van der Waals surface area contributed by atoms with Crippen LogP contribution in [0.1, 0.15) is 64.7 Å². The van der Waals surface area contributed by atoms with E-state index in [-0.39, 0.29) is 0 Å². The van der Waals surface area contributed by atoms with Crippen LogP contribution in [0.3, 0.4) is 0 Å². The molecule has 2 aromatic rings. The molecule has 0 aliphatic carbocycles. The van der Waals surface area contributed by atoms with Gasteiger partial charge in [0.1, 0.15) is 12.4 Å². The van der Waals surface area contributed by atoms with Crippen LogP contribution in [0.2, 0.25) is 0 Å². The molecule has 1 N–H and O–H groups in total. The summed E-state index contributed by atoms with van der Waals surface area (Å²) in [5, 5.41) is 10.3. The Bertz CT molecular complexity index is 753. The molecule has 1 unspecified atom stereocenters. The quantitative estimate of drug-likeness (QED) is 0.114. The Morgan fingerprint density at radius 2 is 1.31 bits per heavy atom. The van der Waals surface area contributed by atoms with Crippen LogP contribution in [0, 0.1) is 3.57 Å². The van der Waals surface area contributed by atoms with Crippen LogP contribution in [-0.2, 0) is 0 Å². The lowest BCUT2D eigenvalue weighted by Crippen LogP contribution is -2.17. The molecule has 0 fully saturated rings. The number of aliphatic hydroxyl groups is 1. The van der Waals surface area contributed by atoms with Crippen molar-refractivity contribution in [3.05, 3.63) is 52.1 Å². The van der Waals surface area contributed by atoms with E-state index in [0.29, 0.717) is 6.61 Å². The molecule has 2 aromatic carbocycles. The first kappa shape index (κ1) is 28.7. The van der Waals surface area contributed by atoms with Gasteiger partial charge in [-0.1, -0.05) is 94.7 Å². The predicted molar refractivity (Wildman–Crippen MR) is 134 cm³/mol. The average Bonchev–Trinajstić information content (AvgIpc) is 2.74. The van der Waals surface area contributed by atoms with Crippen molar-refractivity contribution in [2.75, 3.05) is 6.61 Å². The van der Waals surface area contributed by atoms with E-state index in [4.69, 9.17) is 4.74 Å². The van der Waals surface area contributed by atoms with Crippen LogP contribution in [0.15, 0.2) is 48.5 Å². The van der Waals surface area contributed by atoms with Gasteiger partial charge >= 0.3 is 7.25 Å². The number of aliphatic hydroxyl groups excluding tert-OH is 1. The zero-order chi connectivity index (χ0) is 23.8. The Balaban J connectivity index is 0.000000920. The first-order valence-electron chi connectivity index (χ1n) is 11.2. The van der Waals surface area contributed by atoms with E-state index in [1.807, 2.05) is 30.3 Å². The molecular formula is C24H33BF4IO2-. The van der Waals surface area contributed by atoms with Gasteiger partial charge in [-0.2, -0.15) is 0 Å². The molecule has 0 spiro atoms. The van der Waals surface area contributed by atoms with Crippen LogP contribution in [-0.4, -0.2) is 25.1 Å². The number of hydrogen-bond donors (Lipinski definition) is 1. The molecule has 0 radical (unpaired) electrons. The third-order valence-electron chi connectivity index (χ3n) is 4.87. The average molecular weight is 567 g/mol. The summed E-state index contributed by atoms with van der Waals surface area (Å²) in [6.07, 6.45) is 10.7. The van der Waals surface area contributed by atoms with Crippen molar-refractivity contribution in [1.82, 2.24) is 0 Å². The summed E-state index contributed by atoms with van der Waals surface area (Å²) < 4.78 is 46.2. The smallest absolute Gasteiger partial charge is 0.490 e. The Morgan fingerprint density at radius 3 is 1.91 bits per heavy atom. The van der Waals surface area contributed by atoms with Crippen LogP contribution in [0.5, 0.6) is 5.75 Å². The van der Waals surface area contributed by atoms with Gasteiger partial charge < -0.3 is 27.1 Å². The van der Waals surface area contributed by atoms with Crippen molar-refractivity contribution in [3.8, 4) is 16.9 Å². The van der Waals surface area contributed by atoms with Crippen LogP contribution in [0.25, 0.3) is 11.1 Å². The highest BCUT2D eigenvalue weighted by atomic mass is 127. The van der Waals surface area contributed by atoms with Gasteiger partial charge in [-0.05, 0) is 46.7 Å². The van der Waals surface area contributed by atoms with E-state index in [2.05, 4.69) is 47.7 Å². The molecule has 8 heteroatoms. The first-order chi connectivity index (χ1) is 15.2. The summed E-state index contributed by atoms with van der Waals surface area (Å²) in [5.74, 6) is 0.844. The first-order valence-corrected chi connectivity index (χ1v) is 12.3. The molecule has 0 saturated carbocycles. The molecule has 0 bridgehead atoms. The van der Waals surface area contributed by atoms with Crippen LogP contribution < -0.4 is 4.74 Å². The zero-order valence-corrected chi connectivity index (χ0v) is 20.7. The number of halogens is 5. The van der Waals surface area contributed by atoms with Crippen LogP contribution in [0.4, 0.5) is 17.3 Å². The van der Waals surface area contributed by atoms with E-state index < -0.39 is 13.4 Å². The molecule has 2 nitrogen and oxygen atoms in total. The fourth-order valence-corrected chi connectivity index (χ4v) is 3.96. The van der Waals surface area contributed by atoms with Crippen molar-refractivity contribution >= 4 is 29.8 Å². The molecule has 1 atom stereocenters. The molecule has 0 amide bonds. The summed E-state index contributed by atoms with van der Waals surface area (Å²) in [6, 6.07) is 16.4. The second kappa shape index (κ2) is 16.3. The third kappa shape index (κ3) is 14.0. The Kier molecular flexibility index (Phi) is 14.7. The van der Waals surface area contributed by atoms with Crippen molar-refractivity contribution < 1.29 is 27.1 Å². The molecule has 0 aliphatic rings. The molecule has 2 rings (SSSR count). The highest BCUT2D eigenvalue weighted by Crippen LogP contribution is 2.33. The van der Waals surface area contributed by atoms with Gasteiger partial charge in [-0.15, -0.1) is 0 Å². The largest absolute Gasteiger partial charge is 0.673 e. The van der Waals surface area contributed by atoms with Crippen molar-refractivity contribution in [2.24, 2.45) is 0 Å². The Hall–Kier alpha value is -1.29. The lowest BCUT2D eigenvalue weighted by molar-refractivity contribution is 0.0977. The Morgan fingerprint density at radius 1 is 0.812 bits per heavy atom. The molecule has 180 valence electrons. The standard InChI is InChI=1S/C24H33IO2.BF4/c1-2-3-4-5-6-7-8-9-14-20(26)19-27-24-18-13-11-16-22(24)21-15-10-12-17-23(21)25;2-1(3,4)5/h10-13,15-18,20,26H,2-9,14,19H2,1H3;/q;-1. The van der Waals surface area contributed by atoms with Gasteiger partial charge in [0.15, 0.2) is 0 Å². The van der Waals surface area contributed by atoms with Gasteiger partial charge in [0, 0.05) is 9.13 Å². The van der Waals surface area contributed by atoms with Crippen molar-refractivity contribution in [2.45, 2.75) is 70.8 Å². The lowest BCUT2D eigenvalue weighted by atomic mass is 10.0. The normalized spacial score (nSPS) is 12.1.